The van der Waals surface area contributed by atoms with Gasteiger partial charge in [0.05, 0.1) is 32.1 Å². The van der Waals surface area contributed by atoms with Gasteiger partial charge < -0.3 is 14.0 Å². The maximum atomic E-state index is 12.7. The van der Waals surface area contributed by atoms with Gasteiger partial charge in [-0.15, -0.1) is 0 Å². The van der Waals surface area contributed by atoms with E-state index in [2.05, 4.69) is 14.9 Å². The molecule has 158 valence electrons. The van der Waals surface area contributed by atoms with E-state index in [-0.39, 0.29) is 18.2 Å². The Morgan fingerprint density at radius 3 is 2.53 bits per heavy atom. The van der Waals surface area contributed by atoms with Crippen LogP contribution in [-0.2, 0) is 27.1 Å². The Balaban J connectivity index is 1.68. The minimum Gasteiger partial charge on any atom is -0.497 e. The second kappa shape index (κ2) is 9.06. The molecule has 0 N–H and O–H groups in total. The Bertz CT molecular complexity index is 1130. The van der Waals surface area contributed by atoms with E-state index >= 15 is 0 Å². The molecule has 0 atom stereocenters. The Hall–Kier alpha value is -3.24. The molecule has 0 aliphatic heterocycles. The van der Waals surface area contributed by atoms with Crippen molar-refractivity contribution in [1.82, 2.24) is 14.4 Å². The SMILES string of the molecule is COC(=O)c1ccc(CS(=O)(=O)N(C)Cc2nc(-c3cccc(OC)c3)no2)cc1. The van der Waals surface area contributed by atoms with Crippen LogP contribution in [-0.4, -0.2) is 50.1 Å². The van der Waals surface area contributed by atoms with Crippen LogP contribution in [0.4, 0.5) is 0 Å². The number of carbonyl (C=O) groups is 1. The van der Waals surface area contributed by atoms with Crippen LogP contribution in [0.15, 0.2) is 53.1 Å². The number of sulfonamides is 1. The lowest BCUT2D eigenvalue weighted by atomic mass is 10.1. The van der Waals surface area contributed by atoms with Gasteiger partial charge in [0.1, 0.15) is 5.75 Å². The van der Waals surface area contributed by atoms with Gasteiger partial charge in [-0.25, -0.2) is 13.2 Å². The molecule has 0 radical (unpaired) electrons. The van der Waals surface area contributed by atoms with Crippen LogP contribution >= 0.6 is 0 Å². The third-order valence-corrected chi connectivity index (χ3v) is 6.13. The smallest absolute Gasteiger partial charge is 0.337 e. The molecule has 30 heavy (non-hydrogen) atoms. The first-order chi connectivity index (χ1) is 14.3. The van der Waals surface area contributed by atoms with Gasteiger partial charge in [-0.3, -0.25) is 0 Å². The minimum atomic E-state index is -3.65. The molecule has 0 amide bonds. The molecule has 0 saturated heterocycles. The lowest BCUT2D eigenvalue weighted by molar-refractivity contribution is 0.0600. The zero-order valence-electron chi connectivity index (χ0n) is 16.7. The van der Waals surface area contributed by atoms with Crippen molar-refractivity contribution in [3.63, 3.8) is 0 Å². The van der Waals surface area contributed by atoms with Crippen LogP contribution in [0.1, 0.15) is 21.8 Å². The molecule has 3 rings (SSSR count). The van der Waals surface area contributed by atoms with E-state index < -0.39 is 16.0 Å². The molecule has 0 saturated carbocycles. The summed E-state index contributed by atoms with van der Waals surface area (Å²) < 4.78 is 41.5. The van der Waals surface area contributed by atoms with Gasteiger partial charge in [0.15, 0.2) is 0 Å². The van der Waals surface area contributed by atoms with Crippen LogP contribution < -0.4 is 4.74 Å². The van der Waals surface area contributed by atoms with Gasteiger partial charge in [0, 0.05) is 12.6 Å². The normalized spacial score (nSPS) is 11.5. The summed E-state index contributed by atoms with van der Waals surface area (Å²) in [5, 5.41) is 3.91. The topological polar surface area (TPSA) is 112 Å². The molecule has 0 aliphatic carbocycles. The van der Waals surface area contributed by atoms with Gasteiger partial charge in [0.25, 0.3) is 0 Å². The number of aromatic nitrogens is 2. The van der Waals surface area contributed by atoms with Crippen molar-refractivity contribution < 1.29 is 27.2 Å². The first-order valence-corrected chi connectivity index (χ1v) is 10.5. The summed E-state index contributed by atoms with van der Waals surface area (Å²) in [4.78, 5) is 15.7. The number of carbonyl (C=O) groups excluding carboxylic acids is 1. The molecule has 2 aromatic carbocycles. The standard InChI is InChI=1S/C20H21N3O6S/c1-23(30(25,26)13-14-7-9-15(10-8-14)20(24)28-3)12-18-21-19(22-29-18)16-5-4-6-17(11-16)27-2/h4-11H,12-13H2,1-3H3. The lowest BCUT2D eigenvalue weighted by Crippen LogP contribution is -2.27. The van der Waals surface area contributed by atoms with Gasteiger partial charge in [-0.1, -0.05) is 29.4 Å². The van der Waals surface area contributed by atoms with Crippen LogP contribution in [0.2, 0.25) is 0 Å². The number of ether oxygens (including phenoxy) is 2. The van der Waals surface area contributed by atoms with E-state index in [4.69, 9.17) is 9.26 Å². The Morgan fingerprint density at radius 2 is 1.87 bits per heavy atom. The largest absolute Gasteiger partial charge is 0.497 e. The first-order valence-electron chi connectivity index (χ1n) is 8.90. The number of hydrogen-bond donors (Lipinski definition) is 0. The van der Waals surface area contributed by atoms with Crippen molar-refractivity contribution in [3.8, 4) is 17.1 Å². The first kappa shape index (κ1) is 21.5. The summed E-state index contributed by atoms with van der Waals surface area (Å²) in [5.74, 6) is 0.441. The summed E-state index contributed by atoms with van der Waals surface area (Å²) in [7, 11) is 0.635. The van der Waals surface area contributed by atoms with Crippen molar-refractivity contribution in [2.24, 2.45) is 0 Å². The Morgan fingerprint density at radius 1 is 1.13 bits per heavy atom. The molecule has 10 heteroatoms. The van der Waals surface area contributed by atoms with Crippen LogP contribution in [0, 0.1) is 0 Å². The van der Waals surface area contributed by atoms with Crippen molar-refractivity contribution in [3.05, 3.63) is 65.5 Å². The third kappa shape index (κ3) is 5.02. The number of hydrogen-bond acceptors (Lipinski definition) is 8. The zero-order chi connectivity index (χ0) is 21.7. The van der Waals surface area contributed by atoms with Crippen molar-refractivity contribution in [1.29, 1.82) is 0 Å². The van der Waals surface area contributed by atoms with Crippen LogP contribution in [0.3, 0.4) is 0 Å². The van der Waals surface area contributed by atoms with Crippen LogP contribution in [0.5, 0.6) is 5.75 Å². The predicted octanol–water partition coefficient (Wildman–Crippen LogP) is 2.49. The van der Waals surface area contributed by atoms with E-state index in [9.17, 15) is 13.2 Å². The van der Waals surface area contributed by atoms with E-state index in [1.54, 1.807) is 43.5 Å². The van der Waals surface area contributed by atoms with Crippen molar-refractivity contribution >= 4 is 16.0 Å². The van der Waals surface area contributed by atoms with E-state index in [0.29, 0.717) is 28.3 Å². The summed E-state index contributed by atoms with van der Waals surface area (Å²) in [6.07, 6.45) is 0. The molecular formula is C20H21N3O6S. The van der Waals surface area contributed by atoms with Crippen molar-refractivity contribution in [2.75, 3.05) is 21.3 Å². The van der Waals surface area contributed by atoms with Crippen molar-refractivity contribution in [2.45, 2.75) is 12.3 Å². The molecule has 0 unspecified atom stereocenters. The van der Waals surface area contributed by atoms with E-state index in [1.165, 1.54) is 26.3 Å². The maximum absolute atomic E-state index is 12.7. The highest BCUT2D eigenvalue weighted by molar-refractivity contribution is 7.88. The van der Waals surface area contributed by atoms with Gasteiger partial charge >= 0.3 is 5.97 Å². The highest BCUT2D eigenvalue weighted by atomic mass is 32.2. The lowest BCUT2D eigenvalue weighted by Gasteiger charge is -2.15. The molecule has 1 aromatic heterocycles. The summed E-state index contributed by atoms with van der Waals surface area (Å²) >= 11 is 0. The molecule has 0 aliphatic rings. The third-order valence-electron chi connectivity index (χ3n) is 4.35. The number of nitrogens with zero attached hydrogens (tertiary/aromatic N) is 3. The summed E-state index contributed by atoms with van der Waals surface area (Å²) in [6.45, 7) is -0.0699. The quantitative estimate of drug-likeness (QED) is 0.500. The zero-order valence-corrected chi connectivity index (χ0v) is 17.5. The maximum Gasteiger partial charge on any atom is 0.337 e. The minimum absolute atomic E-state index is 0.0699. The van der Waals surface area contributed by atoms with E-state index in [0.717, 1.165) is 4.31 Å². The Labute approximate surface area is 174 Å². The number of esters is 1. The highest BCUT2D eigenvalue weighted by Crippen LogP contribution is 2.22. The predicted molar refractivity (Wildman–Crippen MR) is 108 cm³/mol. The molecule has 1 heterocycles. The van der Waals surface area contributed by atoms with Gasteiger partial charge in [-0.05, 0) is 29.8 Å². The molecule has 0 fully saturated rings. The van der Waals surface area contributed by atoms with Crippen LogP contribution in [0.25, 0.3) is 11.4 Å². The number of rotatable bonds is 8. The van der Waals surface area contributed by atoms with Gasteiger partial charge in [-0.2, -0.15) is 9.29 Å². The monoisotopic (exact) mass is 431 g/mol. The Kier molecular flexibility index (Phi) is 6.48. The summed E-state index contributed by atoms with van der Waals surface area (Å²) in [5.41, 5.74) is 1.58. The fraction of sp³-hybridized carbons (Fsp3) is 0.250. The molecule has 0 spiro atoms. The molecular weight excluding hydrogens is 410 g/mol. The van der Waals surface area contributed by atoms with Gasteiger partial charge in [0.2, 0.25) is 21.7 Å². The molecule has 3 aromatic rings. The second-order valence-electron chi connectivity index (χ2n) is 6.44. The number of methoxy groups -OCH3 is 2. The average molecular weight is 431 g/mol. The molecule has 9 nitrogen and oxygen atoms in total. The second-order valence-corrected chi connectivity index (χ2v) is 8.52. The highest BCUT2D eigenvalue weighted by Gasteiger charge is 2.22. The number of benzene rings is 2. The van der Waals surface area contributed by atoms with E-state index in [1.807, 2.05) is 0 Å². The fourth-order valence-corrected chi connectivity index (χ4v) is 3.80. The summed E-state index contributed by atoms with van der Waals surface area (Å²) in [6, 6.07) is 13.3. The average Bonchev–Trinajstić information content (AvgIpc) is 3.22. The molecule has 0 bridgehead atoms. The fourth-order valence-electron chi connectivity index (χ4n) is 2.66.